The Hall–Kier alpha value is -2.04. The first-order chi connectivity index (χ1) is 16.0. The lowest BCUT2D eigenvalue weighted by Crippen LogP contribution is -2.35. The lowest BCUT2D eigenvalue weighted by atomic mass is 10.0. The lowest BCUT2D eigenvalue weighted by molar-refractivity contribution is 0.257. The van der Waals surface area contributed by atoms with Gasteiger partial charge < -0.3 is 19.6 Å². The monoisotopic (exact) mass is 450 g/mol. The van der Waals surface area contributed by atoms with Gasteiger partial charge in [0.05, 0.1) is 18.8 Å². The molecule has 2 aromatic carbocycles. The van der Waals surface area contributed by atoms with Gasteiger partial charge in [-0.1, -0.05) is 38.1 Å². The molecule has 1 saturated heterocycles. The first-order valence-corrected chi connectivity index (χ1v) is 13.0. The molecule has 0 spiro atoms. The standard InChI is InChI=1S/C29H42N2O2/c1-5-21(3)30(16-15-25-18-29(25)32)26-11-7-23(8-12-26)17-24-9-13-27(14-10-24)31(22(4)6-2)19-28-20-33-28/h7-14,21-22,25,28-29,32H,5-6,15-20H2,1-4H3. The number of rotatable bonds is 13. The molecule has 2 fully saturated rings. The Morgan fingerprint density at radius 3 is 1.82 bits per heavy atom. The molecular formula is C29H42N2O2. The molecule has 4 nitrogen and oxygen atoms in total. The SMILES string of the molecule is CCC(C)N(CCC1CC1O)c1ccc(Cc2ccc(N(CC3CO3)C(C)CC)cc2)cc1. The van der Waals surface area contributed by atoms with Crippen LogP contribution in [0, 0.1) is 5.92 Å². The number of anilines is 2. The zero-order chi connectivity index (χ0) is 23.4. The van der Waals surface area contributed by atoms with E-state index in [4.69, 9.17) is 4.74 Å². The maximum Gasteiger partial charge on any atom is 0.0984 e. The molecule has 4 rings (SSSR count). The Balaban J connectivity index is 1.38. The van der Waals surface area contributed by atoms with Crippen molar-refractivity contribution in [2.24, 2.45) is 5.92 Å². The van der Waals surface area contributed by atoms with Crippen LogP contribution in [0.25, 0.3) is 0 Å². The third kappa shape index (κ3) is 6.51. The van der Waals surface area contributed by atoms with Gasteiger partial charge in [0.15, 0.2) is 0 Å². The fourth-order valence-electron chi connectivity index (χ4n) is 4.67. The molecule has 0 aromatic heterocycles. The molecule has 1 aliphatic carbocycles. The van der Waals surface area contributed by atoms with Crippen LogP contribution in [0.1, 0.15) is 64.5 Å². The highest BCUT2D eigenvalue weighted by molar-refractivity contribution is 5.51. The molecular weight excluding hydrogens is 408 g/mol. The van der Waals surface area contributed by atoms with Gasteiger partial charge in [-0.2, -0.15) is 0 Å². The second kappa shape index (κ2) is 10.9. The number of aliphatic hydroxyl groups excluding tert-OH is 1. The van der Waals surface area contributed by atoms with Gasteiger partial charge in [-0.05, 0) is 87.3 Å². The lowest BCUT2D eigenvalue weighted by Gasteiger charge is -2.31. The van der Waals surface area contributed by atoms with Crippen LogP contribution >= 0.6 is 0 Å². The van der Waals surface area contributed by atoms with Crippen molar-refractivity contribution in [2.75, 3.05) is 29.5 Å². The first-order valence-electron chi connectivity index (χ1n) is 13.0. The summed E-state index contributed by atoms with van der Waals surface area (Å²) in [6.07, 6.45) is 5.62. The number of hydrogen-bond donors (Lipinski definition) is 1. The summed E-state index contributed by atoms with van der Waals surface area (Å²) in [5.74, 6) is 0.506. The zero-order valence-corrected chi connectivity index (χ0v) is 20.9. The van der Waals surface area contributed by atoms with Crippen molar-refractivity contribution in [3.8, 4) is 0 Å². The van der Waals surface area contributed by atoms with Crippen molar-refractivity contribution in [1.82, 2.24) is 0 Å². The molecule has 0 amide bonds. The summed E-state index contributed by atoms with van der Waals surface area (Å²) in [5, 5.41) is 9.68. The van der Waals surface area contributed by atoms with Crippen molar-refractivity contribution >= 4 is 11.4 Å². The molecule has 0 bridgehead atoms. The summed E-state index contributed by atoms with van der Waals surface area (Å²) in [6, 6.07) is 19.2. The predicted octanol–water partition coefficient (Wildman–Crippen LogP) is 5.66. The summed E-state index contributed by atoms with van der Waals surface area (Å²) in [6.45, 7) is 12.0. The Morgan fingerprint density at radius 2 is 1.36 bits per heavy atom. The van der Waals surface area contributed by atoms with Crippen LogP contribution in [0.15, 0.2) is 48.5 Å². The van der Waals surface area contributed by atoms with E-state index in [0.29, 0.717) is 24.1 Å². The highest BCUT2D eigenvalue weighted by Crippen LogP contribution is 2.34. The van der Waals surface area contributed by atoms with Crippen LogP contribution in [0.4, 0.5) is 11.4 Å². The van der Waals surface area contributed by atoms with E-state index < -0.39 is 0 Å². The molecule has 0 radical (unpaired) electrons. The van der Waals surface area contributed by atoms with Gasteiger partial charge in [0, 0.05) is 36.5 Å². The van der Waals surface area contributed by atoms with Crippen LogP contribution in [0.5, 0.6) is 0 Å². The molecule has 1 heterocycles. The normalized spacial score (nSPS) is 23.1. The minimum Gasteiger partial charge on any atom is -0.393 e. The maximum atomic E-state index is 9.68. The summed E-state index contributed by atoms with van der Waals surface area (Å²) < 4.78 is 5.48. The Bertz CT molecular complexity index is 862. The van der Waals surface area contributed by atoms with Crippen molar-refractivity contribution in [3.05, 3.63) is 59.7 Å². The fraction of sp³-hybridized carbons (Fsp3) is 0.586. The molecule has 1 aliphatic heterocycles. The molecule has 5 unspecified atom stereocenters. The number of hydrogen-bond acceptors (Lipinski definition) is 4. The Kier molecular flexibility index (Phi) is 7.98. The molecule has 180 valence electrons. The molecule has 2 aliphatic rings. The zero-order valence-electron chi connectivity index (χ0n) is 20.9. The highest BCUT2D eigenvalue weighted by Gasteiger charge is 2.35. The number of nitrogens with zero attached hydrogens (tertiary/aromatic N) is 2. The molecule has 5 atom stereocenters. The minimum atomic E-state index is -0.0585. The van der Waals surface area contributed by atoms with E-state index in [1.807, 2.05) is 0 Å². The van der Waals surface area contributed by atoms with E-state index in [9.17, 15) is 5.11 Å². The maximum absolute atomic E-state index is 9.68. The number of epoxide rings is 1. The van der Waals surface area contributed by atoms with Crippen LogP contribution in [-0.4, -0.2) is 49.1 Å². The van der Waals surface area contributed by atoms with Gasteiger partial charge in [-0.15, -0.1) is 0 Å². The summed E-state index contributed by atoms with van der Waals surface area (Å²) in [7, 11) is 0. The molecule has 1 saturated carbocycles. The van der Waals surface area contributed by atoms with Crippen molar-refractivity contribution in [1.29, 1.82) is 0 Å². The summed E-state index contributed by atoms with van der Waals surface area (Å²) in [5.41, 5.74) is 5.28. The van der Waals surface area contributed by atoms with E-state index in [0.717, 1.165) is 51.8 Å². The van der Waals surface area contributed by atoms with Gasteiger partial charge in [0.1, 0.15) is 0 Å². The van der Waals surface area contributed by atoms with Crippen LogP contribution in [0.2, 0.25) is 0 Å². The van der Waals surface area contributed by atoms with Gasteiger partial charge >= 0.3 is 0 Å². The van der Waals surface area contributed by atoms with Crippen molar-refractivity contribution in [2.45, 2.75) is 84.1 Å². The van der Waals surface area contributed by atoms with Gasteiger partial charge in [-0.3, -0.25) is 0 Å². The van der Waals surface area contributed by atoms with E-state index in [-0.39, 0.29) is 6.10 Å². The molecule has 33 heavy (non-hydrogen) atoms. The Morgan fingerprint density at radius 1 is 0.879 bits per heavy atom. The third-order valence-electron chi connectivity index (χ3n) is 7.62. The highest BCUT2D eigenvalue weighted by atomic mass is 16.6. The summed E-state index contributed by atoms with van der Waals surface area (Å²) in [4.78, 5) is 5.00. The molecule has 2 aromatic rings. The predicted molar refractivity (Wildman–Crippen MR) is 138 cm³/mol. The molecule has 1 N–H and O–H groups in total. The quantitative estimate of drug-likeness (QED) is 0.400. The van der Waals surface area contributed by atoms with Crippen molar-refractivity contribution in [3.63, 3.8) is 0 Å². The average Bonchev–Trinajstić information content (AvgIpc) is 3.77. The second-order valence-corrected chi connectivity index (χ2v) is 10.2. The van der Waals surface area contributed by atoms with E-state index in [1.165, 1.54) is 22.5 Å². The van der Waals surface area contributed by atoms with Gasteiger partial charge in [-0.25, -0.2) is 0 Å². The average molecular weight is 451 g/mol. The Labute approximate surface area is 200 Å². The minimum absolute atomic E-state index is 0.0585. The third-order valence-corrected chi connectivity index (χ3v) is 7.62. The number of benzene rings is 2. The topological polar surface area (TPSA) is 39.2 Å². The smallest absolute Gasteiger partial charge is 0.0984 e. The van der Waals surface area contributed by atoms with Gasteiger partial charge in [0.2, 0.25) is 0 Å². The second-order valence-electron chi connectivity index (χ2n) is 10.2. The van der Waals surface area contributed by atoms with Crippen LogP contribution < -0.4 is 9.80 Å². The largest absolute Gasteiger partial charge is 0.393 e. The van der Waals surface area contributed by atoms with Gasteiger partial charge in [0.25, 0.3) is 0 Å². The number of ether oxygens (including phenoxy) is 1. The van der Waals surface area contributed by atoms with Crippen molar-refractivity contribution < 1.29 is 9.84 Å². The van der Waals surface area contributed by atoms with Crippen LogP contribution in [0.3, 0.4) is 0 Å². The van der Waals surface area contributed by atoms with E-state index in [2.05, 4.69) is 86.0 Å². The number of aliphatic hydroxyl groups is 1. The summed E-state index contributed by atoms with van der Waals surface area (Å²) >= 11 is 0. The first kappa shape index (κ1) is 24.1. The fourth-order valence-corrected chi connectivity index (χ4v) is 4.67. The molecule has 4 heteroatoms. The van der Waals surface area contributed by atoms with E-state index in [1.54, 1.807) is 0 Å². The van der Waals surface area contributed by atoms with E-state index >= 15 is 0 Å². The van der Waals surface area contributed by atoms with Crippen LogP contribution in [-0.2, 0) is 11.2 Å².